The lowest BCUT2D eigenvalue weighted by molar-refractivity contribution is 0.0362. The molecule has 1 amide bonds. The van der Waals surface area contributed by atoms with Crippen molar-refractivity contribution in [2.45, 2.75) is 64.5 Å². The molecule has 1 heterocycles. The van der Waals surface area contributed by atoms with E-state index < -0.39 is 28.9 Å². The summed E-state index contributed by atoms with van der Waals surface area (Å²) in [6.45, 7) is 9.58. The van der Waals surface area contributed by atoms with Gasteiger partial charge in [0, 0.05) is 5.41 Å². The molecule has 2 aromatic rings. The minimum Gasteiger partial charge on any atom is -0.444 e. The summed E-state index contributed by atoms with van der Waals surface area (Å²) in [5.74, 6) is -1.26. The quantitative estimate of drug-likeness (QED) is 0.764. The normalized spacial score (nSPS) is 24.3. The monoisotopic (exact) mass is 401 g/mol. The van der Waals surface area contributed by atoms with Gasteiger partial charge in [0.25, 0.3) is 0 Å². The maximum Gasteiger partial charge on any atom is 0.408 e. The van der Waals surface area contributed by atoms with Crippen molar-refractivity contribution in [3.05, 3.63) is 47.2 Å². The highest BCUT2D eigenvalue weighted by molar-refractivity contribution is 5.71. The molecular formula is C22H25F2N3O2. The summed E-state index contributed by atoms with van der Waals surface area (Å²) in [7, 11) is 0. The van der Waals surface area contributed by atoms with E-state index in [9.17, 15) is 13.6 Å². The lowest BCUT2D eigenvalue weighted by Gasteiger charge is -2.38. The van der Waals surface area contributed by atoms with Crippen LogP contribution in [0.4, 0.5) is 13.6 Å². The van der Waals surface area contributed by atoms with Crippen LogP contribution in [0.25, 0.3) is 11.3 Å². The summed E-state index contributed by atoms with van der Waals surface area (Å²) in [6.07, 6.45) is 1.03. The van der Waals surface area contributed by atoms with Gasteiger partial charge in [-0.1, -0.05) is 19.9 Å². The van der Waals surface area contributed by atoms with Crippen molar-refractivity contribution >= 4 is 6.09 Å². The lowest BCUT2D eigenvalue weighted by atomic mass is 9.75. The standard InChI is InChI=1S/C22H25F2N3O2/c1-20(2,3)29-19(28)25-22-10-9-13(21(22,4)5)12-11-16(26-27-18(12)22)17-14(23)7-6-8-15(17)24/h6-8,11,13H,9-10H2,1-5H3,(H,25,28)/t13-,22-/m1/s1. The van der Waals surface area contributed by atoms with E-state index in [1.807, 2.05) is 20.8 Å². The van der Waals surface area contributed by atoms with Crippen molar-refractivity contribution in [3.63, 3.8) is 0 Å². The Hall–Kier alpha value is -2.57. The molecule has 0 spiro atoms. The van der Waals surface area contributed by atoms with E-state index in [0.717, 1.165) is 12.0 Å². The van der Waals surface area contributed by atoms with Crippen LogP contribution in [0.15, 0.2) is 24.3 Å². The van der Waals surface area contributed by atoms with Crippen molar-refractivity contribution in [1.82, 2.24) is 15.5 Å². The van der Waals surface area contributed by atoms with Gasteiger partial charge >= 0.3 is 6.09 Å². The number of fused-ring (bicyclic) bond motifs is 5. The number of alkyl carbamates (subject to hydrolysis) is 1. The Balaban J connectivity index is 1.78. The topological polar surface area (TPSA) is 64.1 Å². The first kappa shape index (κ1) is 19.7. The Morgan fingerprint density at radius 2 is 1.86 bits per heavy atom. The molecule has 7 heteroatoms. The van der Waals surface area contributed by atoms with Gasteiger partial charge in [0.2, 0.25) is 0 Å². The van der Waals surface area contributed by atoms with Gasteiger partial charge in [-0.05, 0) is 63.3 Å². The van der Waals surface area contributed by atoms with Crippen LogP contribution in [0.3, 0.4) is 0 Å². The fraction of sp³-hybridized carbons (Fsp3) is 0.500. The van der Waals surface area contributed by atoms with E-state index in [1.165, 1.54) is 18.2 Å². The van der Waals surface area contributed by atoms with Gasteiger partial charge in [-0.2, -0.15) is 5.10 Å². The van der Waals surface area contributed by atoms with Gasteiger partial charge in [-0.15, -0.1) is 5.10 Å². The number of rotatable bonds is 2. The highest BCUT2D eigenvalue weighted by Gasteiger charge is 2.64. The van der Waals surface area contributed by atoms with Gasteiger partial charge in [0.1, 0.15) is 17.2 Å². The number of benzene rings is 1. The molecule has 4 rings (SSSR count). The molecule has 1 N–H and O–H groups in total. The minimum absolute atomic E-state index is 0.0940. The Morgan fingerprint density at radius 1 is 1.21 bits per heavy atom. The number of aromatic nitrogens is 2. The maximum absolute atomic E-state index is 14.3. The van der Waals surface area contributed by atoms with E-state index in [2.05, 4.69) is 29.4 Å². The third-order valence-corrected chi connectivity index (χ3v) is 6.32. The van der Waals surface area contributed by atoms with Crippen LogP contribution in [0.5, 0.6) is 0 Å². The summed E-state index contributed by atoms with van der Waals surface area (Å²) >= 11 is 0. The molecule has 2 atom stereocenters. The maximum atomic E-state index is 14.3. The van der Waals surface area contributed by atoms with Crippen molar-refractivity contribution in [2.24, 2.45) is 5.41 Å². The van der Waals surface area contributed by atoms with E-state index in [-0.39, 0.29) is 22.6 Å². The Labute approximate surface area is 168 Å². The number of carbonyl (C=O) groups is 1. The molecule has 29 heavy (non-hydrogen) atoms. The summed E-state index contributed by atoms with van der Waals surface area (Å²) in [5, 5.41) is 11.6. The Morgan fingerprint density at radius 3 is 2.48 bits per heavy atom. The van der Waals surface area contributed by atoms with Crippen molar-refractivity contribution in [1.29, 1.82) is 0 Å². The van der Waals surface area contributed by atoms with Crippen LogP contribution >= 0.6 is 0 Å². The van der Waals surface area contributed by atoms with E-state index in [0.29, 0.717) is 12.1 Å². The highest BCUT2D eigenvalue weighted by Crippen LogP contribution is 2.66. The van der Waals surface area contributed by atoms with Gasteiger partial charge in [0.15, 0.2) is 0 Å². The second-order valence-corrected chi connectivity index (χ2v) is 9.48. The van der Waals surface area contributed by atoms with Crippen LogP contribution in [-0.2, 0) is 10.3 Å². The van der Waals surface area contributed by atoms with Crippen molar-refractivity contribution in [2.75, 3.05) is 0 Å². The Kier molecular flexibility index (Phi) is 4.23. The lowest BCUT2D eigenvalue weighted by Crippen LogP contribution is -2.52. The molecule has 154 valence electrons. The predicted octanol–water partition coefficient (Wildman–Crippen LogP) is 5.06. The van der Waals surface area contributed by atoms with Gasteiger partial charge in [-0.3, -0.25) is 0 Å². The first-order valence-corrected chi connectivity index (χ1v) is 9.80. The average molecular weight is 401 g/mol. The third-order valence-electron chi connectivity index (χ3n) is 6.32. The fourth-order valence-electron chi connectivity index (χ4n) is 4.94. The zero-order chi connectivity index (χ0) is 21.2. The van der Waals surface area contributed by atoms with Crippen molar-refractivity contribution < 1.29 is 18.3 Å². The van der Waals surface area contributed by atoms with Crippen LogP contribution in [-0.4, -0.2) is 21.9 Å². The predicted molar refractivity (Wildman–Crippen MR) is 104 cm³/mol. The van der Waals surface area contributed by atoms with E-state index >= 15 is 0 Å². The second kappa shape index (κ2) is 6.21. The van der Waals surface area contributed by atoms with E-state index in [4.69, 9.17) is 4.74 Å². The number of halogens is 2. The largest absolute Gasteiger partial charge is 0.444 e. The molecule has 2 bridgehead atoms. The third kappa shape index (κ3) is 2.90. The van der Waals surface area contributed by atoms with Gasteiger partial charge in [-0.25, -0.2) is 13.6 Å². The van der Waals surface area contributed by atoms with E-state index in [1.54, 1.807) is 6.07 Å². The molecular weight excluding hydrogens is 376 g/mol. The summed E-state index contributed by atoms with van der Waals surface area (Å²) < 4.78 is 34.0. The Bertz CT molecular complexity index is 980. The number of ether oxygens (including phenoxy) is 1. The first-order valence-electron chi connectivity index (χ1n) is 9.80. The average Bonchev–Trinajstić information content (AvgIpc) is 2.93. The molecule has 0 saturated heterocycles. The smallest absolute Gasteiger partial charge is 0.408 e. The molecule has 1 aromatic carbocycles. The number of nitrogens with one attached hydrogen (secondary N) is 1. The number of hydrogen-bond donors (Lipinski definition) is 1. The van der Waals surface area contributed by atoms with Crippen LogP contribution in [0, 0.1) is 17.0 Å². The van der Waals surface area contributed by atoms with Crippen LogP contribution in [0.1, 0.15) is 64.6 Å². The molecule has 2 aliphatic rings. The van der Waals surface area contributed by atoms with Crippen LogP contribution < -0.4 is 5.32 Å². The summed E-state index contributed by atoms with van der Waals surface area (Å²) in [4.78, 5) is 12.6. The number of hydrogen-bond acceptors (Lipinski definition) is 4. The number of nitrogens with zero attached hydrogens (tertiary/aromatic N) is 2. The molecule has 0 unspecified atom stereocenters. The van der Waals surface area contributed by atoms with Crippen molar-refractivity contribution in [3.8, 4) is 11.3 Å². The van der Waals surface area contributed by atoms with Gasteiger partial charge in [0.05, 0.1) is 22.5 Å². The zero-order valence-corrected chi connectivity index (χ0v) is 17.3. The second-order valence-electron chi connectivity index (χ2n) is 9.48. The fourth-order valence-corrected chi connectivity index (χ4v) is 4.94. The molecule has 2 aliphatic carbocycles. The molecule has 1 aromatic heterocycles. The number of carbonyl (C=O) groups excluding carboxylic acids is 1. The van der Waals surface area contributed by atoms with Gasteiger partial charge < -0.3 is 10.1 Å². The highest BCUT2D eigenvalue weighted by atomic mass is 19.1. The molecule has 1 fully saturated rings. The molecule has 5 nitrogen and oxygen atoms in total. The minimum atomic E-state index is -0.728. The SMILES string of the molecule is CC(C)(C)OC(=O)N[C@]12CC[C@H](c3cc(-c4c(F)cccc4F)nnc31)C2(C)C. The first-order chi connectivity index (χ1) is 13.5. The molecule has 0 radical (unpaired) electrons. The number of amides is 1. The summed E-state index contributed by atoms with van der Waals surface area (Å²) in [5.41, 5.74) is -0.174. The molecule has 0 aliphatic heterocycles. The summed E-state index contributed by atoms with van der Waals surface area (Å²) in [6, 6.07) is 5.44. The zero-order valence-electron chi connectivity index (χ0n) is 17.3. The molecule has 1 saturated carbocycles. The van der Waals surface area contributed by atoms with Crippen LogP contribution in [0.2, 0.25) is 0 Å².